The third-order valence-corrected chi connectivity index (χ3v) is 5.81. The number of nitrogens with zero attached hydrogens (tertiary/aromatic N) is 8. The van der Waals surface area contributed by atoms with Crippen LogP contribution in [-0.2, 0) is 7.05 Å². The molecule has 178 valence electrons. The molecule has 4 heterocycles. The Morgan fingerprint density at radius 2 is 1.97 bits per heavy atom. The number of hydrogen-bond acceptors (Lipinski definition) is 10. The molecular formula is C23H24N10O2. The largest absolute Gasteiger partial charge is 0.383 e. The first kappa shape index (κ1) is 22.2. The lowest BCUT2D eigenvalue weighted by Crippen LogP contribution is -2.29. The molecule has 1 aromatic carbocycles. The zero-order chi connectivity index (χ0) is 24.7. The van der Waals surface area contributed by atoms with Gasteiger partial charge in [0.25, 0.3) is 5.56 Å². The Balaban J connectivity index is 1.71. The predicted molar refractivity (Wildman–Crippen MR) is 130 cm³/mol. The molecule has 0 bridgehead atoms. The third kappa shape index (κ3) is 3.78. The van der Waals surface area contributed by atoms with Crippen molar-refractivity contribution in [2.24, 2.45) is 7.05 Å². The average molecular weight is 473 g/mol. The van der Waals surface area contributed by atoms with Crippen LogP contribution >= 0.6 is 0 Å². The van der Waals surface area contributed by atoms with Gasteiger partial charge in [-0.3, -0.25) is 14.0 Å². The lowest BCUT2D eigenvalue weighted by atomic mass is 10.1. The van der Waals surface area contributed by atoms with Gasteiger partial charge < -0.3 is 15.6 Å². The SMILES string of the molecule is CC[C@H](Nc1ncnc(N)c1-c1noc(C)n1)c1nc2c(cnn2C)c(=O)n1-c1ccccc1C. The van der Waals surface area contributed by atoms with Crippen LogP contribution in [0.2, 0.25) is 0 Å². The molecule has 0 saturated carbocycles. The molecule has 12 heteroatoms. The van der Waals surface area contributed by atoms with Crippen LogP contribution < -0.4 is 16.6 Å². The number of nitrogens with two attached hydrogens (primary N) is 1. The molecular weight excluding hydrogens is 448 g/mol. The van der Waals surface area contributed by atoms with Crippen molar-refractivity contribution in [3.63, 3.8) is 0 Å². The highest BCUT2D eigenvalue weighted by molar-refractivity contribution is 5.79. The van der Waals surface area contributed by atoms with E-state index in [1.807, 2.05) is 38.1 Å². The molecule has 1 atom stereocenters. The van der Waals surface area contributed by atoms with E-state index < -0.39 is 6.04 Å². The summed E-state index contributed by atoms with van der Waals surface area (Å²) in [6.07, 6.45) is 3.47. The van der Waals surface area contributed by atoms with Gasteiger partial charge in [-0.1, -0.05) is 30.3 Å². The van der Waals surface area contributed by atoms with E-state index >= 15 is 0 Å². The minimum Gasteiger partial charge on any atom is -0.383 e. The highest BCUT2D eigenvalue weighted by Crippen LogP contribution is 2.32. The second-order valence-electron chi connectivity index (χ2n) is 8.13. The molecule has 35 heavy (non-hydrogen) atoms. The van der Waals surface area contributed by atoms with Crippen molar-refractivity contribution in [1.29, 1.82) is 0 Å². The smallest absolute Gasteiger partial charge is 0.269 e. The van der Waals surface area contributed by atoms with E-state index in [1.54, 1.807) is 29.4 Å². The third-order valence-electron chi connectivity index (χ3n) is 5.81. The Hall–Kier alpha value is -4.61. The molecule has 0 unspecified atom stereocenters. The van der Waals surface area contributed by atoms with Crippen LogP contribution in [0.3, 0.4) is 0 Å². The maximum absolute atomic E-state index is 13.7. The van der Waals surface area contributed by atoms with Crippen LogP contribution in [0.1, 0.15) is 36.7 Å². The summed E-state index contributed by atoms with van der Waals surface area (Å²) in [5.74, 6) is 1.77. The number of nitrogen functional groups attached to an aromatic ring is 1. The summed E-state index contributed by atoms with van der Waals surface area (Å²) in [6.45, 7) is 5.63. The van der Waals surface area contributed by atoms with E-state index in [0.29, 0.717) is 40.6 Å². The van der Waals surface area contributed by atoms with Gasteiger partial charge in [0, 0.05) is 14.0 Å². The predicted octanol–water partition coefficient (Wildman–Crippen LogP) is 2.72. The van der Waals surface area contributed by atoms with Gasteiger partial charge in [-0.05, 0) is 25.0 Å². The summed E-state index contributed by atoms with van der Waals surface area (Å²) in [5, 5.41) is 12.1. The van der Waals surface area contributed by atoms with Gasteiger partial charge in [-0.25, -0.2) is 15.0 Å². The van der Waals surface area contributed by atoms with Crippen LogP contribution in [-0.4, -0.2) is 39.4 Å². The molecule has 5 aromatic rings. The van der Waals surface area contributed by atoms with Crippen molar-refractivity contribution in [3.05, 3.63) is 64.4 Å². The maximum atomic E-state index is 13.7. The standard InChI is InChI=1S/C23H24N10O2/c1-5-15(29-19-17(18(24)25-11-26-19)20-28-13(3)35-31-20)22-30-21-14(10-27-32(21)4)23(34)33(22)16-9-7-6-8-12(16)2/h6-11,15H,5H2,1-4H3,(H3,24,25,26,29)/t15-/m0/s1. The fraction of sp³-hybridized carbons (Fsp3) is 0.261. The number of anilines is 2. The first-order chi connectivity index (χ1) is 16.9. The number of aromatic nitrogens is 8. The first-order valence-electron chi connectivity index (χ1n) is 11.1. The van der Waals surface area contributed by atoms with Gasteiger partial charge in [0.15, 0.2) is 5.65 Å². The van der Waals surface area contributed by atoms with Crippen molar-refractivity contribution in [2.45, 2.75) is 33.2 Å². The van der Waals surface area contributed by atoms with E-state index in [1.165, 1.54) is 6.33 Å². The van der Waals surface area contributed by atoms with Gasteiger partial charge in [0.05, 0.1) is 17.9 Å². The Kier molecular flexibility index (Phi) is 5.47. The number of fused-ring (bicyclic) bond motifs is 1. The van der Waals surface area contributed by atoms with E-state index in [4.69, 9.17) is 15.2 Å². The topological polar surface area (TPSA) is 155 Å². The summed E-state index contributed by atoms with van der Waals surface area (Å²) < 4.78 is 8.35. The van der Waals surface area contributed by atoms with Crippen LogP contribution in [0.25, 0.3) is 28.1 Å². The fourth-order valence-corrected chi connectivity index (χ4v) is 4.02. The number of hydrogen-bond donors (Lipinski definition) is 2. The second-order valence-corrected chi connectivity index (χ2v) is 8.13. The number of benzene rings is 1. The maximum Gasteiger partial charge on any atom is 0.269 e. The monoisotopic (exact) mass is 472 g/mol. The summed E-state index contributed by atoms with van der Waals surface area (Å²) >= 11 is 0. The molecule has 0 aliphatic carbocycles. The Morgan fingerprint density at radius 1 is 1.17 bits per heavy atom. The van der Waals surface area contributed by atoms with Crippen LogP contribution in [0.5, 0.6) is 0 Å². The molecule has 12 nitrogen and oxygen atoms in total. The van der Waals surface area contributed by atoms with Gasteiger partial charge in [0.2, 0.25) is 11.7 Å². The number of nitrogens with one attached hydrogen (secondary N) is 1. The zero-order valence-corrected chi connectivity index (χ0v) is 19.7. The van der Waals surface area contributed by atoms with E-state index in [0.717, 1.165) is 11.3 Å². The lowest BCUT2D eigenvalue weighted by molar-refractivity contribution is 0.394. The fourth-order valence-electron chi connectivity index (χ4n) is 4.02. The molecule has 4 aromatic heterocycles. The molecule has 0 radical (unpaired) electrons. The Morgan fingerprint density at radius 3 is 2.69 bits per heavy atom. The van der Waals surface area contributed by atoms with Crippen molar-refractivity contribution < 1.29 is 4.52 Å². The minimum absolute atomic E-state index is 0.199. The van der Waals surface area contributed by atoms with Crippen molar-refractivity contribution in [3.8, 4) is 17.1 Å². The van der Waals surface area contributed by atoms with E-state index in [2.05, 4.69) is 30.5 Å². The summed E-state index contributed by atoms with van der Waals surface area (Å²) in [7, 11) is 1.76. The number of aryl methyl sites for hydroxylation is 3. The molecule has 0 aliphatic rings. The normalized spacial score (nSPS) is 12.2. The molecule has 0 aliphatic heterocycles. The molecule has 0 spiro atoms. The van der Waals surface area contributed by atoms with E-state index in [-0.39, 0.29) is 17.2 Å². The number of para-hydroxylation sites is 1. The molecule has 5 rings (SSSR count). The quantitative estimate of drug-likeness (QED) is 0.377. The molecule has 0 saturated heterocycles. The average Bonchev–Trinajstić information content (AvgIpc) is 3.44. The Labute approximate surface area is 199 Å². The highest BCUT2D eigenvalue weighted by Gasteiger charge is 2.25. The van der Waals surface area contributed by atoms with Gasteiger partial charge >= 0.3 is 0 Å². The summed E-state index contributed by atoms with van der Waals surface area (Å²) in [6, 6.07) is 7.24. The second kappa shape index (κ2) is 8.63. The van der Waals surface area contributed by atoms with Crippen LogP contribution in [0.15, 0.2) is 46.1 Å². The van der Waals surface area contributed by atoms with Crippen LogP contribution in [0, 0.1) is 13.8 Å². The summed E-state index contributed by atoms with van der Waals surface area (Å²) in [5.41, 5.74) is 8.54. The molecule has 3 N–H and O–H groups in total. The van der Waals surface area contributed by atoms with Gasteiger partial charge in [-0.15, -0.1) is 0 Å². The first-order valence-corrected chi connectivity index (χ1v) is 11.1. The van der Waals surface area contributed by atoms with Gasteiger partial charge in [-0.2, -0.15) is 10.1 Å². The lowest BCUT2D eigenvalue weighted by Gasteiger charge is -2.23. The molecule has 0 fully saturated rings. The summed E-state index contributed by atoms with van der Waals surface area (Å²) in [4.78, 5) is 31.4. The highest BCUT2D eigenvalue weighted by atomic mass is 16.5. The van der Waals surface area contributed by atoms with Crippen molar-refractivity contribution >= 4 is 22.7 Å². The molecule has 0 amide bonds. The number of rotatable bonds is 6. The van der Waals surface area contributed by atoms with Crippen LogP contribution in [0.4, 0.5) is 11.6 Å². The minimum atomic E-state index is -0.428. The van der Waals surface area contributed by atoms with E-state index in [9.17, 15) is 4.79 Å². The van der Waals surface area contributed by atoms with Crippen molar-refractivity contribution in [1.82, 2.24) is 39.4 Å². The van der Waals surface area contributed by atoms with Gasteiger partial charge in [0.1, 0.15) is 34.7 Å². The van der Waals surface area contributed by atoms with Crippen molar-refractivity contribution in [2.75, 3.05) is 11.1 Å². The zero-order valence-electron chi connectivity index (χ0n) is 19.7. The Bertz CT molecular complexity index is 1600.